The predicted molar refractivity (Wildman–Crippen MR) is 62.4 cm³/mol. The van der Waals surface area contributed by atoms with Crippen molar-refractivity contribution in [3.8, 4) is 0 Å². The Balaban J connectivity index is 2.16. The van der Waals surface area contributed by atoms with Crippen LogP contribution in [0, 0.1) is 17.6 Å². The molecule has 0 bridgehead atoms. The van der Waals surface area contributed by atoms with Crippen molar-refractivity contribution in [2.75, 3.05) is 26.7 Å². The Morgan fingerprint density at radius 3 is 2.89 bits per heavy atom. The fourth-order valence-corrected chi connectivity index (χ4v) is 3.09. The molecule has 1 aromatic rings. The van der Waals surface area contributed by atoms with Crippen LogP contribution < -0.4 is 5.32 Å². The van der Waals surface area contributed by atoms with Crippen LogP contribution in [-0.4, -0.2) is 37.5 Å². The monoisotopic (exact) mass is 252 g/mol. The molecular formula is C13H14F2N2O. The summed E-state index contributed by atoms with van der Waals surface area (Å²) in [6, 6.07) is 2.00. The maximum atomic E-state index is 14.0. The van der Waals surface area contributed by atoms with Crippen molar-refractivity contribution in [1.29, 1.82) is 0 Å². The molecule has 0 saturated carbocycles. The minimum atomic E-state index is -0.703. The summed E-state index contributed by atoms with van der Waals surface area (Å²) in [5, 5.41) is 2.75. The molecular weight excluding hydrogens is 238 g/mol. The topological polar surface area (TPSA) is 32.3 Å². The fourth-order valence-electron chi connectivity index (χ4n) is 3.09. The van der Waals surface area contributed by atoms with Crippen molar-refractivity contribution in [1.82, 2.24) is 10.2 Å². The van der Waals surface area contributed by atoms with Gasteiger partial charge >= 0.3 is 0 Å². The fraction of sp³-hybridized carbons (Fsp3) is 0.462. The average Bonchev–Trinajstić information content (AvgIpc) is 2.60. The van der Waals surface area contributed by atoms with Crippen molar-refractivity contribution < 1.29 is 13.6 Å². The van der Waals surface area contributed by atoms with Gasteiger partial charge in [0.2, 0.25) is 0 Å². The van der Waals surface area contributed by atoms with Gasteiger partial charge in [0.25, 0.3) is 5.91 Å². The van der Waals surface area contributed by atoms with Gasteiger partial charge in [0, 0.05) is 42.7 Å². The number of likely N-dealkylation sites (tertiary alicyclic amines) is 1. The van der Waals surface area contributed by atoms with Crippen molar-refractivity contribution in [2.24, 2.45) is 5.92 Å². The molecule has 1 fully saturated rings. The van der Waals surface area contributed by atoms with E-state index in [0.29, 0.717) is 18.7 Å². The number of carbonyl (C=O) groups excluding carboxylic acids is 1. The molecule has 0 unspecified atom stereocenters. The lowest BCUT2D eigenvalue weighted by molar-refractivity contribution is 0.0950. The molecule has 2 aliphatic heterocycles. The summed E-state index contributed by atoms with van der Waals surface area (Å²) in [4.78, 5) is 14.0. The lowest BCUT2D eigenvalue weighted by atomic mass is 9.87. The molecule has 1 N–H and O–H groups in total. The molecule has 18 heavy (non-hydrogen) atoms. The largest absolute Gasteiger partial charge is 0.352 e. The quantitative estimate of drug-likeness (QED) is 0.756. The minimum Gasteiger partial charge on any atom is -0.352 e. The van der Waals surface area contributed by atoms with Gasteiger partial charge in [-0.25, -0.2) is 8.78 Å². The van der Waals surface area contributed by atoms with Crippen molar-refractivity contribution in [3.05, 3.63) is 34.9 Å². The summed E-state index contributed by atoms with van der Waals surface area (Å²) in [5.41, 5.74) is 0.524. The molecule has 0 radical (unpaired) electrons. The zero-order valence-corrected chi connectivity index (χ0v) is 10.0. The third-order valence-corrected chi connectivity index (χ3v) is 3.86. The zero-order chi connectivity index (χ0) is 12.9. The molecule has 2 atom stereocenters. The first-order valence-electron chi connectivity index (χ1n) is 6.02. The van der Waals surface area contributed by atoms with Crippen LogP contribution in [0.15, 0.2) is 12.1 Å². The molecule has 0 aliphatic carbocycles. The second-order valence-corrected chi connectivity index (χ2v) is 5.15. The number of hydrogen-bond donors (Lipinski definition) is 1. The highest BCUT2D eigenvalue weighted by molar-refractivity contribution is 5.96. The first kappa shape index (κ1) is 11.6. The molecule has 2 aliphatic rings. The van der Waals surface area contributed by atoms with Crippen LogP contribution >= 0.6 is 0 Å². The number of carbonyl (C=O) groups is 1. The molecule has 3 nitrogen and oxygen atoms in total. The number of fused-ring (bicyclic) bond motifs is 3. The Labute approximate surface area is 104 Å². The van der Waals surface area contributed by atoms with Gasteiger partial charge < -0.3 is 10.2 Å². The second kappa shape index (κ2) is 4.02. The Morgan fingerprint density at radius 2 is 2.11 bits per heavy atom. The summed E-state index contributed by atoms with van der Waals surface area (Å²) in [7, 11) is 1.97. The van der Waals surface area contributed by atoms with E-state index in [1.807, 2.05) is 7.05 Å². The number of benzene rings is 1. The second-order valence-electron chi connectivity index (χ2n) is 5.15. The van der Waals surface area contributed by atoms with E-state index < -0.39 is 11.6 Å². The average molecular weight is 252 g/mol. The van der Waals surface area contributed by atoms with Gasteiger partial charge in [0.05, 0.1) is 0 Å². The molecule has 2 heterocycles. The summed E-state index contributed by atoms with van der Waals surface area (Å²) >= 11 is 0. The predicted octanol–water partition coefficient (Wildman–Crippen LogP) is 1.35. The van der Waals surface area contributed by atoms with Gasteiger partial charge in [0.15, 0.2) is 0 Å². The summed E-state index contributed by atoms with van der Waals surface area (Å²) in [5.74, 6) is -1.52. The lowest BCUT2D eigenvalue weighted by Crippen LogP contribution is -2.29. The molecule has 0 spiro atoms. The summed E-state index contributed by atoms with van der Waals surface area (Å²) < 4.78 is 27.3. The summed E-state index contributed by atoms with van der Waals surface area (Å²) in [6.07, 6.45) is 0. The molecule has 5 heteroatoms. The molecule has 96 valence electrons. The van der Waals surface area contributed by atoms with Gasteiger partial charge in [-0.1, -0.05) is 0 Å². The molecule has 3 rings (SSSR count). The highest BCUT2D eigenvalue weighted by Gasteiger charge is 2.38. The van der Waals surface area contributed by atoms with E-state index >= 15 is 0 Å². The Hall–Kier alpha value is -1.49. The van der Waals surface area contributed by atoms with E-state index in [0.717, 1.165) is 18.7 Å². The van der Waals surface area contributed by atoms with Crippen molar-refractivity contribution in [2.45, 2.75) is 5.92 Å². The molecule has 1 saturated heterocycles. The standard InChI is InChI=1S/C13H14F2N2O/c1-17-5-7-4-16-13(18)9-2-8(14)3-11(15)12(9)10(7)6-17/h2-3,7,10H,4-6H2,1H3,(H,16,18)/t7-,10-/m0/s1. The highest BCUT2D eigenvalue weighted by Crippen LogP contribution is 2.37. The van der Waals surface area contributed by atoms with E-state index in [-0.39, 0.29) is 23.3 Å². The Kier molecular flexibility index (Phi) is 2.59. The van der Waals surface area contributed by atoms with Crippen LogP contribution in [0.2, 0.25) is 0 Å². The third-order valence-electron chi connectivity index (χ3n) is 3.86. The smallest absolute Gasteiger partial charge is 0.251 e. The lowest BCUT2D eigenvalue weighted by Gasteiger charge is -2.17. The summed E-state index contributed by atoms with van der Waals surface area (Å²) in [6.45, 7) is 2.04. The molecule has 0 aromatic heterocycles. The van der Waals surface area contributed by atoms with Crippen LogP contribution in [-0.2, 0) is 0 Å². The van der Waals surface area contributed by atoms with Crippen LogP contribution in [0.25, 0.3) is 0 Å². The van der Waals surface area contributed by atoms with Crippen LogP contribution in [0.4, 0.5) is 8.78 Å². The SMILES string of the molecule is CN1C[C@@H]2CNC(=O)c3cc(F)cc(F)c3[C@H]2C1. The van der Waals surface area contributed by atoms with Gasteiger partial charge in [-0.05, 0) is 19.0 Å². The van der Waals surface area contributed by atoms with Crippen LogP contribution in [0.3, 0.4) is 0 Å². The van der Waals surface area contributed by atoms with E-state index in [4.69, 9.17) is 0 Å². The number of amides is 1. The van der Waals surface area contributed by atoms with Gasteiger partial charge in [-0.2, -0.15) is 0 Å². The van der Waals surface area contributed by atoms with Gasteiger partial charge in [-0.3, -0.25) is 4.79 Å². The number of likely N-dealkylation sites (N-methyl/N-ethyl adjacent to an activating group) is 1. The van der Waals surface area contributed by atoms with Crippen LogP contribution in [0.5, 0.6) is 0 Å². The van der Waals surface area contributed by atoms with Gasteiger partial charge in [0.1, 0.15) is 11.6 Å². The van der Waals surface area contributed by atoms with E-state index in [2.05, 4.69) is 10.2 Å². The first-order chi connectivity index (χ1) is 8.56. The highest BCUT2D eigenvalue weighted by atomic mass is 19.1. The van der Waals surface area contributed by atoms with Gasteiger partial charge in [-0.15, -0.1) is 0 Å². The van der Waals surface area contributed by atoms with Crippen molar-refractivity contribution in [3.63, 3.8) is 0 Å². The van der Waals surface area contributed by atoms with E-state index in [1.165, 1.54) is 0 Å². The van der Waals surface area contributed by atoms with Crippen LogP contribution in [0.1, 0.15) is 21.8 Å². The van der Waals surface area contributed by atoms with Crippen molar-refractivity contribution >= 4 is 5.91 Å². The number of rotatable bonds is 0. The maximum absolute atomic E-state index is 14.0. The number of nitrogens with zero attached hydrogens (tertiary/aromatic N) is 1. The number of nitrogens with one attached hydrogen (secondary N) is 1. The third kappa shape index (κ3) is 1.70. The normalized spacial score (nSPS) is 27.4. The molecule has 1 aromatic carbocycles. The Bertz CT molecular complexity index is 518. The Morgan fingerprint density at radius 1 is 1.33 bits per heavy atom. The maximum Gasteiger partial charge on any atom is 0.251 e. The first-order valence-corrected chi connectivity index (χ1v) is 6.02. The van der Waals surface area contributed by atoms with E-state index in [1.54, 1.807) is 0 Å². The zero-order valence-electron chi connectivity index (χ0n) is 10.0. The van der Waals surface area contributed by atoms with E-state index in [9.17, 15) is 13.6 Å². The molecule has 1 amide bonds. The minimum absolute atomic E-state index is 0.0375. The number of hydrogen-bond acceptors (Lipinski definition) is 2. The number of halogens is 2.